The van der Waals surface area contributed by atoms with Gasteiger partial charge in [0.15, 0.2) is 0 Å². The van der Waals surface area contributed by atoms with Gasteiger partial charge in [0, 0.05) is 11.4 Å². The van der Waals surface area contributed by atoms with Crippen LogP contribution in [0, 0.1) is 11.6 Å². The normalized spacial score (nSPS) is 16.0. The van der Waals surface area contributed by atoms with Crippen molar-refractivity contribution in [2.75, 3.05) is 17.3 Å². The first-order chi connectivity index (χ1) is 14.0. The first kappa shape index (κ1) is 18.7. The summed E-state index contributed by atoms with van der Waals surface area (Å²) in [4.78, 5) is 14.8. The van der Waals surface area contributed by atoms with Gasteiger partial charge in [0.1, 0.15) is 23.1 Å². The van der Waals surface area contributed by atoms with Gasteiger partial charge in [-0.1, -0.05) is 12.1 Å². The first-order valence-electron chi connectivity index (χ1n) is 9.02. The van der Waals surface area contributed by atoms with E-state index in [1.54, 1.807) is 42.4 Å². The Balaban J connectivity index is 1.73. The summed E-state index contributed by atoms with van der Waals surface area (Å²) in [6.45, 7) is 0. The van der Waals surface area contributed by atoms with Crippen LogP contribution < -0.4 is 15.0 Å². The lowest BCUT2D eigenvalue weighted by Gasteiger charge is -2.25. The fourth-order valence-electron chi connectivity index (χ4n) is 3.29. The van der Waals surface area contributed by atoms with Crippen molar-refractivity contribution in [2.45, 2.75) is 6.04 Å². The van der Waals surface area contributed by atoms with Gasteiger partial charge in [-0.3, -0.25) is 9.69 Å². The van der Waals surface area contributed by atoms with E-state index in [-0.39, 0.29) is 17.5 Å². The number of hydrogen-bond acceptors (Lipinski definition) is 3. The monoisotopic (exact) mass is 392 g/mol. The molecule has 0 bridgehead atoms. The Bertz CT molecular complexity index is 1060. The Kier molecular flexibility index (Phi) is 4.99. The van der Waals surface area contributed by atoms with E-state index in [2.05, 4.69) is 5.32 Å². The predicted octanol–water partition coefficient (Wildman–Crippen LogP) is 5.06. The quantitative estimate of drug-likeness (QED) is 0.660. The van der Waals surface area contributed by atoms with E-state index in [4.69, 9.17) is 4.74 Å². The number of halogens is 2. The molecule has 4 rings (SSSR count). The minimum absolute atomic E-state index is 0.270. The number of rotatable bonds is 5. The van der Waals surface area contributed by atoms with Crippen LogP contribution in [0.25, 0.3) is 0 Å². The van der Waals surface area contributed by atoms with Crippen molar-refractivity contribution in [3.05, 3.63) is 102 Å². The Morgan fingerprint density at radius 1 is 0.931 bits per heavy atom. The second-order valence-electron chi connectivity index (χ2n) is 6.59. The highest BCUT2D eigenvalue weighted by Gasteiger charge is 2.35. The van der Waals surface area contributed by atoms with Crippen molar-refractivity contribution in [2.24, 2.45) is 0 Å². The van der Waals surface area contributed by atoms with E-state index < -0.39 is 6.04 Å². The molecule has 0 saturated heterocycles. The second kappa shape index (κ2) is 7.75. The molecule has 1 amide bonds. The van der Waals surface area contributed by atoms with E-state index in [1.165, 1.54) is 24.3 Å². The Hall–Kier alpha value is -3.67. The standard InChI is InChI=1S/C23H18F2N2O2/c1-29-20-4-2-3-15(13-20)22-14-21(26-18-9-5-16(24)6-10-18)23(28)27(22)19-11-7-17(25)8-12-19/h2-14,22,26H,1H3/t22-/m0/s1. The molecule has 0 unspecified atom stereocenters. The molecule has 1 aliphatic heterocycles. The summed E-state index contributed by atoms with van der Waals surface area (Å²) in [7, 11) is 1.58. The predicted molar refractivity (Wildman–Crippen MR) is 108 cm³/mol. The number of amides is 1. The molecule has 6 heteroatoms. The Morgan fingerprint density at radius 2 is 1.59 bits per heavy atom. The number of carbonyl (C=O) groups excluding carboxylic acids is 1. The summed E-state index contributed by atoms with van der Waals surface area (Å²) in [5, 5.41) is 3.06. The molecule has 0 radical (unpaired) electrons. The average molecular weight is 392 g/mol. The molecule has 29 heavy (non-hydrogen) atoms. The summed E-state index contributed by atoms with van der Waals surface area (Å²) in [5.41, 5.74) is 2.36. The third-order valence-corrected chi connectivity index (χ3v) is 4.72. The first-order valence-corrected chi connectivity index (χ1v) is 9.02. The number of ether oxygens (including phenoxy) is 1. The van der Waals surface area contributed by atoms with Gasteiger partial charge < -0.3 is 10.1 Å². The molecule has 0 spiro atoms. The fourth-order valence-corrected chi connectivity index (χ4v) is 3.29. The van der Waals surface area contributed by atoms with E-state index in [1.807, 2.05) is 24.3 Å². The van der Waals surface area contributed by atoms with E-state index in [0.717, 1.165) is 5.56 Å². The number of nitrogens with one attached hydrogen (secondary N) is 1. The molecule has 4 nitrogen and oxygen atoms in total. The highest BCUT2D eigenvalue weighted by atomic mass is 19.1. The molecule has 1 atom stereocenters. The van der Waals surface area contributed by atoms with Crippen molar-refractivity contribution in [1.82, 2.24) is 0 Å². The van der Waals surface area contributed by atoms with Gasteiger partial charge in [-0.15, -0.1) is 0 Å². The van der Waals surface area contributed by atoms with E-state index >= 15 is 0 Å². The lowest BCUT2D eigenvalue weighted by Crippen LogP contribution is -2.30. The maximum absolute atomic E-state index is 13.4. The number of carbonyl (C=O) groups is 1. The van der Waals surface area contributed by atoms with Gasteiger partial charge in [-0.2, -0.15) is 0 Å². The second-order valence-corrected chi connectivity index (χ2v) is 6.59. The molecule has 1 heterocycles. The fraction of sp³-hybridized carbons (Fsp3) is 0.0870. The van der Waals surface area contributed by atoms with Gasteiger partial charge >= 0.3 is 0 Å². The molecule has 3 aromatic carbocycles. The SMILES string of the molecule is COc1cccc([C@@H]2C=C(Nc3ccc(F)cc3)C(=O)N2c2ccc(F)cc2)c1. The summed E-state index contributed by atoms with van der Waals surface area (Å²) < 4.78 is 31.9. The van der Waals surface area contributed by atoms with E-state index in [9.17, 15) is 13.6 Å². The topological polar surface area (TPSA) is 41.6 Å². The summed E-state index contributed by atoms with van der Waals surface area (Å²) >= 11 is 0. The van der Waals surface area contributed by atoms with Crippen molar-refractivity contribution >= 4 is 17.3 Å². The van der Waals surface area contributed by atoms with Crippen LogP contribution in [0.1, 0.15) is 11.6 Å². The molecule has 0 aromatic heterocycles. The Morgan fingerprint density at radius 3 is 2.24 bits per heavy atom. The maximum Gasteiger partial charge on any atom is 0.275 e. The van der Waals surface area contributed by atoms with Gasteiger partial charge in [0.05, 0.1) is 13.2 Å². The third-order valence-electron chi connectivity index (χ3n) is 4.72. The minimum atomic E-state index is -0.411. The number of methoxy groups -OCH3 is 1. The molecular weight excluding hydrogens is 374 g/mol. The minimum Gasteiger partial charge on any atom is -0.497 e. The molecule has 0 aliphatic carbocycles. The lowest BCUT2D eigenvalue weighted by atomic mass is 10.1. The molecule has 0 saturated carbocycles. The van der Waals surface area contributed by atoms with Crippen LogP contribution in [-0.4, -0.2) is 13.0 Å². The molecule has 3 aromatic rings. The van der Waals surface area contributed by atoms with Crippen molar-refractivity contribution in [3.8, 4) is 5.75 Å². The smallest absolute Gasteiger partial charge is 0.275 e. The van der Waals surface area contributed by atoms with Gasteiger partial charge in [-0.05, 0) is 72.3 Å². The number of anilines is 2. The summed E-state index contributed by atoms with van der Waals surface area (Å²) in [6, 6.07) is 18.5. The van der Waals surface area contributed by atoms with Crippen LogP contribution in [0.3, 0.4) is 0 Å². The molecular formula is C23H18F2N2O2. The largest absolute Gasteiger partial charge is 0.497 e. The van der Waals surface area contributed by atoms with Crippen LogP contribution in [0.4, 0.5) is 20.2 Å². The van der Waals surface area contributed by atoms with Gasteiger partial charge in [-0.25, -0.2) is 8.78 Å². The van der Waals surface area contributed by atoms with Crippen molar-refractivity contribution < 1.29 is 18.3 Å². The van der Waals surface area contributed by atoms with Crippen molar-refractivity contribution in [1.29, 1.82) is 0 Å². The Labute approximate surface area is 167 Å². The highest BCUT2D eigenvalue weighted by Crippen LogP contribution is 2.37. The van der Waals surface area contributed by atoms with Gasteiger partial charge in [0.2, 0.25) is 0 Å². The maximum atomic E-state index is 13.4. The molecule has 1 aliphatic rings. The summed E-state index contributed by atoms with van der Waals surface area (Å²) in [5.74, 6) is -0.337. The number of nitrogens with zero attached hydrogens (tertiary/aromatic N) is 1. The zero-order valence-electron chi connectivity index (χ0n) is 15.6. The van der Waals surface area contributed by atoms with Crippen LogP contribution >= 0.6 is 0 Å². The van der Waals surface area contributed by atoms with Crippen molar-refractivity contribution in [3.63, 3.8) is 0 Å². The van der Waals surface area contributed by atoms with Crippen LogP contribution in [0.15, 0.2) is 84.6 Å². The zero-order chi connectivity index (χ0) is 20.4. The van der Waals surface area contributed by atoms with Crippen LogP contribution in [-0.2, 0) is 4.79 Å². The van der Waals surface area contributed by atoms with Crippen LogP contribution in [0.2, 0.25) is 0 Å². The zero-order valence-corrected chi connectivity index (χ0v) is 15.6. The third kappa shape index (κ3) is 3.82. The number of hydrogen-bond donors (Lipinski definition) is 1. The summed E-state index contributed by atoms with van der Waals surface area (Å²) in [6.07, 6.45) is 1.80. The molecule has 146 valence electrons. The molecule has 0 fully saturated rings. The number of benzene rings is 3. The van der Waals surface area contributed by atoms with Gasteiger partial charge in [0.25, 0.3) is 5.91 Å². The highest BCUT2D eigenvalue weighted by molar-refractivity contribution is 6.11. The van der Waals surface area contributed by atoms with Crippen LogP contribution in [0.5, 0.6) is 5.75 Å². The lowest BCUT2D eigenvalue weighted by molar-refractivity contribution is -0.114. The molecule has 1 N–H and O–H groups in total. The van der Waals surface area contributed by atoms with E-state index in [0.29, 0.717) is 22.8 Å². The average Bonchev–Trinajstić information content (AvgIpc) is 3.06.